The number of nitrogens with one attached hydrogen (secondary N) is 1. The SMILES string of the molecule is CCOC(=O)c1c(NC(=O)COC(=O)c2cccnc2Cl)sc2c1CCC(C(C)(C)C)C2. The highest BCUT2D eigenvalue weighted by atomic mass is 35.5. The van der Waals surface area contributed by atoms with Crippen molar-refractivity contribution in [1.82, 2.24) is 4.98 Å². The van der Waals surface area contributed by atoms with Crippen molar-refractivity contribution in [2.75, 3.05) is 18.5 Å². The number of thiophene rings is 1. The molecular formula is C23H27ClN2O5S. The first kappa shape index (κ1) is 24.2. The Morgan fingerprint density at radius 3 is 2.66 bits per heavy atom. The van der Waals surface area contributed by atoms with Crippen molar-refractivity contribution in [3.63, 3.8) is 0 Å². The van der Waals surface area contributed by atoms with Crippen molar-refractivity contribution in [3.05, 3.63) is 45.1 Å². The van der Waals surface area contributed by atoms with Gasteiger partial charge in [-0.05, 0) is 55.2 Å². The van der Waals surface area contributed by atoms with E-state index in [-0.39, 0.29) is 22.7 Å². The first-order valence-electron chi connectivity index (χ1n) is 10.5. The van der Waals surface area contributed by atoms with Gasteiger partial charge in [0, 0.05) is 11.1 Å². The minimum absolute atomic E-state index is 0.00170. The Labute approximate surface area is 196 Å². The summed E-state index contributed by atoms with van der Waals surface area (Å²) >= 11 is 7.28. The predicted octanol–water partition coefficient (Wildman–Crippen LogP) is 4.92. The largest absolute Gasteiger partial charge is 0.462 e. The summed E-state index contributed by atoms with van der Waals surface area (Å²) in [5.41, 5.74) is 1.59. The van der Waals surface area contributed by atoms with Crippen LogP contribution in [-0.2, 0) is 27.1 Å². The van der Waals surface area contributed by atoms with Crippen LogP contribution in [0.4, 0.5) is 5.00 Å². The number of hydrogen-bond donors (Lipinski definition) is 1. The molecule has 0 fully saturated rings. The van der Waals surface area contributed by atoms with Crippen molar-refractivity contribution in [2.24, 2.45) is 11.3 Å². The standard InChI is InChI=1S/C23H27ClN2O5S/c1-5-30-22(29)18-14-9-8-13(23(2,3)4)11-16(14)32-20(18)26-17(27)12-31-21(28)15-7-6-10-25-19(15)24/h6-7,10,13H,5,8-9,11-12H2,1-4H3,(H,26,27). The van der Waals surface area contributed by atoms with Crippen LogP contribution in [0.1, 0.15) is 65.3 Å². The molecule has 32 heavy (non-hydrogen) atoms. The van der Waals surface area contributed by atoms with Gasteiger partial charge in [-0.25, -0.2) is 14.6 Å². The van der Waals surface area contributed by atoms with Crippen LogP contribution in [-0.4, -0.2) is 36.0 Å². The first-order valence-corrected chi connectivity index (χ1v) is 11.7. The molecule has 0 radical (unpaired) electrons. The lowest BCUT2D eigenvalue weighted by Crippen LogP contribution is -2.26. The number of hydrogen-bond acceptors (Lipinski definition) is 7. The van der Waals surface area contributed by atoms with E-state index in [0.29, 0.717) is 16.5 Å². The molecule has 0 aliphatic heterocycles. The number of esters is 2. The van der Waals surface area contributed by atoms with Crippen molar-refractivity contribution in [2.45, 2.75) is 47.0 Å². The van der Waals surface area contributed by atoms with Gasteiger partial charge in [0.1, 0.15) is 10.2 Å². The fraction of sp³-hybridized carbons (Fsp3) is 0.478. The summed E-state index contributed by atoms with van der Waals surface area (Å²) < 4.78 is 10.3. The number of carbonyl (C=O) groups excluding carboxylic acids is 3. The van der Waals surface area contributed by atoms with E-state index in [1.165, 1.54) is 23.6 Å². The smallest absolute Gasteiger partial charge is 0.341 e. The number of halogens is 1. The lowest BCUT2D eigenvalue weighted by Gasteiger charge is -2.33. The summed E-state index contributed by atoms with van der Waals surface area (Å²) in [4.78, 5) is 42.3. The highest BCUT2D eigenvalue weighted by Gasteiger charge is 2.34. The van der Waals surface area contributed by atoms with Crippen LogP contribution in [0.5, 0.6) is 0 Å². The second-order valence-corrected chi connectivity index (χ2v) is 10.2. The molecule has 1 N–H and O–H groups in total. The topological polar surface area (TPSA) is 94.6 Å². The summed E-state index contributed by atoms with van der Waals surface area (Å²) in [7, 11) is 0. The molecular weight excluding hydrogens is 452 g/mol. The first-order chi connectivity index (χ1) is 15.1. The van der Waals surface area contributed by atoms with Gasteiger partial charge in [0.2, 0.25) is 0 Å². The van der Waals surface area contributed by atoms with Gasteiger partial charge >= 0.3 is 11.9 Å². The quantitative estimate of drug-likeness (QED) is 0.467. The van der Waals surface area contributed by atoms with Crippen LogP contribution >= 0.6 is 22.9 Å². The molecule has 0 saturated carbocycles. The molecule has 3 rings (SSSR count). The maximum absolute atomic E-state index is 12.7. The molecule has 1 amide bonds. The minimum atomic E-state index is -0.748. The average molecular weight is 479 g/mol. The fourth-order valence-corrected chi connectivity index (χ4v) is 5.27. The van der Waals surface area contributed by atoms with Gasteiger partial charge in [0.15, 0.2) is 6.61 Å². The molecule has 1 unspecified atom stereocenters. The van der Waals surface area contributed by atoms with Gasteiger partial charge < -0.3 is 14.8 Å². The molecule has 0 saturated heterocycles. The number of rotatable bonds is 6. The number of anilines is 1. The molecule has 0 aromatic carbocycles. The van der Waals surface area contributed by atoms with Crippen LogP contribution in [0.2, 0.25) is 5.15 Å². The molecule has 1 aliphatic carbocycles. The molecule has 2 aromatic rings. The number of carbonyl (C=O) groups is 3. The van der Waals surface area contributed by atoms with Crippen LogP contribution in [0.15, 0.2) is 18.3 Å². The van der Waals surface area contributed by atoms with E-state index in [2.05, 4.69) is 31.1 Å². The van der Waals surface area contributed by atoms with Gasteiger partial charge in [0.05, 0.1) is 17.7 Å². The molecule has 1 atom stereocenters. The lowest BCUT2D eigenvalue weighted by molar-refractivity contribution is -0.119. The second-order valence-electron chi connectivity index (χ2n) is 8.70. The number of nitrogens with zero attached hydrogens (tertiary/aromatic N) is 1. The molecule has 9 heteroatoms. The molecule has 7 nitrogen and oxygen atoms in total. The third kappa shape index (κ3) is 5.48. The number of aromatic nitrogens is 1. The maximum Gasteiger partial charge on any atom is 0.341 e. The normalized spacial score (nSPS) is 15.6. The lowest BCUT2D eigenvalue weighted by atomic mass is 9.72. The Kier molecular flexibility index (Phi) is 7.56. The van der Waals surface area contributed by atoms with E-state index in [1.807, 2.05) is 0 Å². The van der Waals surface area contributed by atoms with Gasteiger partial charge in [-0.1, -0.05) is 32.4 Å². The highest BCUT2D eigenvalue weighted by Crippen LogP contribution is 2.44. The molecule has 0 bridgehead atoms. The van der Waals surface area contributed by atoms with E-state index in [1.54, 1.807) is 13.0 Å². The Morgan fingerprint density at radius 1 is 1.25 bits per heavy atom. The van der Waals surface area contributed by atoms with Crippen molar-refractivity contribution in [1.29, 1.82) is 0 Å². The zero-order chi connectivity index (χ0) is 23.5. The Hall–Kier alpha value is -2.45. The van der Waals surface area contributed by atoms with Gasteiger partial charge in [-0.3, -0.25) is 4.79 Å². The van der Waals surface area contributed by atoms with Gasteiger partial charge in [-0.2, -0.15) is 0 Å². The summed E-state index contributed by atoms with van der Waals surface area (Å²) in [5, 5.41) is 3.17. The highest BCUT2D eigenvalue weighted by molar-refractivity contribution is 7.17. The Balaban J connectivity index is 1.76. The molecule has 172 valence electrons. The molecule has 0 spiro atoms. The van der Waals surface area contributed by atoms with E-state index < -0.39 is 24.5 Å². The number of pyridine rings is 1. The van der Waals surface area contributed by atoms with E-state index in [4.69, 9.17) is 21.1 Å². The summed E-state index contributed by atoms with van der Waals surface area (Å²) in [6.45, 7) is 8.12. The maximum atomic E-state index is 12.7. The zero-order valence-electron chi connectivity index (χ0n) is 18.6. The average Bonchev–Trinajstić information content (AvgIpc) is 3.08. The van der Waals surface area contributed by atoms with Crippen LogP contribution in [0.3, 0.4) is 0 Å². The Bertz CT molecular complexity index is 1030. The van der Waals surface area contributed by atoms with E-state index in [9.17, 15) is 14.4 Å². The van der Waals surface area contributed by atoms with Crippen molar-refractivity contribution >= 4 is 45.8 Å². The monoisotopic (exact) mass is 478 g/mol. The number of ether oxygens (including phenoxy) is 2. The zero-order valence-corrected chi connectivity index (χ0v) is 20.2. The minimum Gasteiger partial charge on any atom is -0.462 e. The molecule has 1 aliphatic rings. The number of amides is 1. The summed E-state index contributed by atoms with van der Waals surface area (Å²) in [6, 6.07) is 3.02. The van der Waals surface area contributed by atoms with Gasteiger partial charge in [0.25, 0.3) is 5.91 Å². The van der Waals surface area contributed by atoms with Crippen molar-refractivity contribution in [3.8, 4) is 0 Å². The second kappa shape index (κ2) is 10.0. The van der Waals surface area contributed by atoms with E-state index >= 15 is 0 Å². The van der Waals surface area contributed by atoms with Crippen molar-refractivity contribution < 1.29 is 23.9 Å². The van der Waals surface area contributed by atoms with Crippen LogP contribution in [0.25, 0.3) is 0 Å². The molecule has 2 heterocycles. The number of fused-ring (bicyclic) bond motifs is 1. The van der Waals surface area contributed by atoms with Crippen LogP contribution < -0.4 is 5.32 Å². The summed E-state index contributed by atoms with van der Waals surface area (Å²) in [5.74, 6) is -1.26. The summed E-state index contributed by atoms with van der Waals surface area (Å²) in [6.07, 6.45) is 4.02. The fourth-order valence-electron chi connectivity index (χ4n) is 3.74. The third-order valence-electron chi connectivity index (χ3n) is 5.54. The third-order valence-corrected chi connectivity index (χ3v) is 7.01. The Morgan fingerprint density at radius 2 is 2.00 bits per heavy atom. The van der Waals surface area contributed by atoms with Gasteiger partial charge in [-0.15, -0.1) is 11.3 Å². The van der Waals surface area contributed by atoms with E-state index in [0.717, 1.165) is 29.7 Å². The predicted molar refractivity (Wildman–Crippen MR) is 123 cm³/mol. The molecule has 2 aromatic heterocycles. The van der Waals surface area contributed by atoms with Crippen LogP contribution in [0, 0.1) is 11.3 Å².